The lowest BCUT2D eigenvalue weighted by Crippen LogP contribution is -2.43. The maximum absolute atomic E-state index is 12.9. The van der Waals surface area contributed by atoms with Crippen molar-refractivity contribution in [2.45, 2.75) is 37.1 Å². The Kier molecular flexibility index (Phi) is 9.83. The molecule has 3 rings (SSSR count). The molecule has 0 heterocycles. The Balaban J connectivity index is 1.72. The van der Waals surface area contributed by atoms with Crippen LogP contribution in [0.4, 0.5) is 11.4 Å². The average Bonchev–Trinajstić information content (AvgIpc) is 2.87. The summed E-state index contributed by atoms with van der Waals surface area (Å²) in [5.74, 6) is -1.05. The van der Waals surface area contributed by atoms with Gasteiger partial charge in [0.05, 0.1) is 17.2 Å². The summed E-state index contributed by atoms with van der Waals surface area (Å²) in [7, 11) is -3.96. The summed E-state index contributed by atoms with van der Waals surface area (Å²) in [6.07, 6.45) is 0.855. The summed E-state index contributed by atoms with van der Waals surface area (Å²) in [5, 5.41) is 2.75. The molecule has 0 aliphatic heterocycles. The van der Waals surface area contributed by atoms with Gasteiger partial charge < -0.3 is 21.5 Å². The predicted molar refractivity (Wildman–Crippen MR) is 146 cm³/mol. The molecule has 6 N–H and O–H groups in total. The first-order chi connectivity index (χ1) is 18.2. The number of rotatable bonds is 12. The number of carbonyl (C=O) groups is 2. The second kappa shape index (κ2) is 13.2. The Morgan fingerprint density at radius 2 is 1.66 bits per heavy atom. The van der Waals surface area contributed by atoms with E-state index in [1.807, 2.05) is 30.3 Å². The van der Waals surface area contributed by atoms with E-state index in [2.05, 4.69) is 15.0 Å². The van der Waals surface area contributed by atoms with E-state index in [1.165, 1.54) is 18.2 Å². The fourth-order valence-electron chi connectivity index (χ4n) is 3.69. The molecule has 1 amide bonds. The number of sulfonamides is 1. The van der Waals surface area contributed by atoms with E-state index >= 15 is 0 Å². The number of aliphatic imine (C=N–C) groups is 1. The molecular formula is C27H31N5O5S. The fourth-order valence-corrected chi connectivity index (χ4v) is 4.77. The number of guanidine groups is 1. The summed E-state index contributed by atoms with van der Waals surface area (Å²) in [6, 6.07) is 21.1. The zero-order valence-electron chi connectivity index (χ0n) is 21.0. The third kappa shape index (κ3) is 8.63. The number of carbonyl (C=O) groups excluding carboxylic acids is 2. The molecule has 38 heavy (non-hydrogen) atoms. The van der Waals surface area contributed by atoms with E-state index in [9.17, 15) is 18.0 Å². The van der Waals surface area contributed by atoms with Crippen molar-refractivity contribution in [3.63, 3.8) is 0 Å². The lowest BCUT2D eigenvalue weighted by atomic mass is 10.0. The smallest absolute Gasteiger partial charge is 0.328 e. The van der Waals surface area contributed by atoms with Gasteiger partial charge in [-0.15, -0.1) is 0 Å². The Morgan fingerprint density at radius 1 is 0.947 bits per heavy atom. The van der Waals surface area contributed by atoms with Crippen molar-refractivity contribution in [3.8, 4) is 0 Å². The zero-order chi connectivity index (χ0) is 27.5. The first-order valence-corrected chi connectivity index (χ1v) is 13.5. The molecule has 0 aromatic heterocycles. The highest BCUT2D eigenvalue weighted by Crippen LogP contribution is 2.22. The number of benzene rings is 3. The van der Waals surface area contributed by atoms with E-state index in [0.717, 1.165) is 5.56 Å². The van der Waals surface area contributed by atoms with Gasteiger partial charge in [0, 0.05) is 18.5 Å². The average molecular weight is 538 g/mol. The molecule has 200 valence electrons. The molecule has 0 aliphatic carbocycles. The number of amides is 1. The molecule has 0 radical (unpaired) electrons. The summed E-state index contributed by atoms with van der Waals surface area (Å²) in [4.78, 5) is 29.0. The molecule has 0 saturated carbocycles. The highest BCUT2D eigenvalue weighted by atomic mass is 32.2. The van der Waals surface area contributed by atoms with Crippen LogP contribution >= 0.6 is 0 Å². The lowest BCUT2D eigenvalue weighted by Gasteiger charge is -2.18. The van der Waals surface area contributed by atoms with Gasteiger partial charge >= 0.3 is 5.97 Å². The van der Waals surface area contributed by atoms with Crippen molar-refractivity contribution in [3.05, 3.63) is 90.0 Å². The molecule has 3 aromatic carbocycles. The molecule has 0 bridgehead atoms. The summed E-state index contributed by atoms with van der Waals surface area (Å²) in [5.41, 5.74) is 13.0. The highest BCUT2D eigenvalue weighted by molar-refractivity contribution is 7.92. The quantitative estimate of drug-likeness (QED) is 0.157. The minimum atomic E-state index is -3.96. The van der Waals surface area contributed by atoms with E-state index < -0.39 is 22.0 Å². The second-order valence-corrected chi connectivity index (χ2v) is 10.1. The Labute approximate surface area is 222 Å². The van der Waals surface area contributed by atoms with Gasteiger partial charge in [0.25, 0.3) is 10.0 Å². The standard InChI is InChI=1S/C27H31N5O5S/c1-2-37-26(34)24(31-25(33)15-14-19-8-4-3-5-9-19)17-20-10-6-12-22(16-20)32-38(35,36)23-13-7-11-21(18-23)30-27(28)29/h3-13,16,18,24,32H,2,14-15,17H2,1H3,(H,31,33)(H4,28,29,30). The monoisotopic (exact) mass is 537 g/mol. The fraction of sp³-hybridized carbons (Fsp3) is 0.222. The molecule has 11 heteroatoms. The number of nitrogens with zero attached hydrogens (tertiary/aromatic N) is 1. The normalized spacial score (nSPS) is 11.7. The number of nitrogens with one attached hydrogen (secondary N) is 2. The first-order valence-electron chi connectivity index (χ1n) is 12.0. The topological polar surface area (TPSA) is 166 Å². The van der Waals surface area contributed by atoms with Crippen molar-refractivity contribution in [1.29, 1.82) is 0 Å². The molecule has 0 fully saturated rings. The zero-order valence-corrected chi connectivity index (χ0v) is 21.8. The Bertz CT molecular complexity index is 1390. The molecule has 0 saturated heterocycles. The van der Waals surface area contributed by atoms with Gasteiger partial charge in [0.15, 0.2) is 5.96 Å². The Morgan fingerprint density at radius 3 is 2.37 bits per heavy atom. The van der Waals surface area contributed by atoms with Crippen LogP contribution in [-0.4, -0.2) is 38.9 Å². The SMILES string of the molecule is CCOC(=O)C(Cc1cccc(NS(=O)(=O)c2cccc(N=C(N)N)c2)c1)NC(=O)CCc1ccccc1. The summed E-state index contributed by atoms with van der Waals surface area (Å²) >= 11 is 0. The number of hydrogen-bond donors (Lipinski definition) is 4. The molecule has 3 aromatic rings. The van der Waals surface area contributed by atoms with E-state index in [0.29, 0.717) is 17.7 Å². The molecule has 0 spiro atoms. The minimum Gasteiger partial charge on any atom is -0.464 e. The van der Waals surface area contributed by atoms with Gasteiger partial charge in [-0.3, -0.25) is 9.52 Å². The summed E-state index contributed by atoms with van der Waals surface area (Å²) in [6.45, 7) is 1.84. The van der Waals surface area contributed by atoms with Crippen LogP contribution in [0.5, 0.6) is 0 Å². The van der Waals surface area contributed by atoms with Gasteiger partial charge in [-0.25, -0.2) is 18.2 Å². The Hall–Kier alpha value is -4.38. The molecule has 1 unspecified atom stereocenters. The third-order valence-electron chi connectivity index (χ3n) is 5.40. The van der Waals surface area contributed by atoms with E-state index in [4.69, 9.17) is 16.2 Å². The maximum Gasteiger partial charge on any atom is 0.328 e. The minimum absolute atomic E-state index is 0.0273. The van der Waals surface area contributed by atoms with Crippen LogP contribution in [0.3, 0.4) is 0 Å². The molecule has 1 atom stereocenters. The summed E-state index contributed by atoms with van der Waals surface area (Å²) < 4.78 is 33.6. The van der Waals surface area contributed by atoms with Crippen LogP contribution in [0.2, 0.25) is 0 Å². The van der Waals surface area contributed by atoms with Crippen LogP contribution in [0, 0.1) is 0 Å². The van der Waals surface area contributed by atoms with E-state index in [1.54, 1.807) is 37.3 Å². The lowest BCUT2D eigenvalue weighted by molar-refractivity contribution is -0.147. The van der Waals surface area contributed by atoms with Gasteiger partial charge in [0.1, 0.15) is 6.04 Å². The van der Waals surface area contributed by atoms with Gasteiger partial charge in [-0.2, -0.15) is 0 Å². The molecular weight excluding hydrogens is 506 g/mol. The van der Waals surface area contributed by atoms with Gasteiger partial charge in [0.2, 0.25) is 5.91 Å². The number of ether oxygens (including phenoxy) is 1. The molecule has 10 nitrogen and oxygen atoms in total. The van der Waals surface area contributed by atoms with Crippen molar-refractivity contribution >= 4 is 39.2 Å². The third-order valence-corrected chi connectivity index (χ3v) is 6.77. The van der Waals surface area contributed by atoms with E-state index in [-0.39, 0.29) is 41.9 Å². The van der Waals surface area contributed by atoms with Gasteiger partial charge in [-0.1, -0.05) is 48.5 Å². The number of aryl methyl sites for hydroxylation is 1. The predicted octanol–water partition coefficient (Wildman–Crippen LogP) is 2.62. The highest BCUT2D eigenvalue weighted by Gasteiger charge is 2.23. The number of nitrogens with two attached hydrogens (primary N) is 2. The van der Waals surface area contributed by atoms with Crippen molar-refractivity contribution in [2.24, 2.45) is 16.5 Å². The van der Waals surface area contributed by atoms with Crippen LogP contribution < -0.4 is 21.5 Å². The van der Waals surface area contributed by atoms with Crippen LogP contribution in [-0.2, 0) is 37.2 Å². The first kappa shape index (κ1) is 28.2. The maximum atomic E-state index is 12.9. The van der Waals surface area contributed by atoms with Crippen LogP contribution in [0.1, 0.15) is 24.5 Å². The second-order valence-electron chi connectivity index (χ2n) is 8.40. The number of hydrogen-bond acceptors (Lipinski definition) is 6. The van der Waals surface area contributed by atoms with Crippen LogP contribution in [0.15, 0.2) is 88.8 Å². The van der Waals surface area contributed by atoms with Crippen molar-refractivity contribution in [1.82, 2.24) is 5.32 Å². The number of esters is 1. The van der Waals surface area contributed by atoms with Gasteiger partial charge in [-0.05, 0) is 54.8 Å². The molecule has 0 aliphatic rings. The van der Waals surface area contributed by atoms with Crippen LogP contribution in [0.25, 0.3) is 0 Å². The largest absolute Gasteiger partial charge is 0.464 e. The van der Waals surface area contributed by atoms with Crippen molar-refractivity contribution < 1.29 is 22.7 Å². The number of anilines is 1. The van der Waals surface area contributed by atoms with Crippen molar-refractivity contribution in [2.75, 3.05) is 11.3 Å².